The van der Waals surface area contributed by atoms with Crippen LogP contribution in [0.5, 0.6) is 11.5 Å². The van der Waals surface area contributed by atoms with Gasteiger partial charge in [0.15, 0.2) is 23.7 Å². The number of primary amides is 1. The molecule has 2 amide bonds. The van der Waals surface area contributed by atoms with E-state index in [-0.39, 0.29) is 30.7 Å². The Labute approximate surface area is 333 Å². The Kier molecular flexibility index (Phi) is 26.7. The second-order valence-electron chi connectivity index (χ2n) is 14.8. The Morgan fingerprint density at radius 2 is 1.32 bits per heavy atom. The summed E-state index contributed by atoms with van der Waals surface area (Å²) in [5.74, 6) is -4.90. The van der Waals surface area contributed by atoms with E-state index in [0.717, 1.165) is 18.4 Å². The van der Waals surface area contributed by atoms with Crippen molar-refractivity contribution >= 4 is 35.7 Å². The number of aliphatic hydroxyl groups is 3. The van der Waals surface area contributed by atoms with Gasteiger partial charge in [0.1, 0.15) is 0 Å². The summed E-state index contributed by atoms with van der Waals surface area (Å²) in [6, 6.07) is 5.47. The van der Waals surface area contributed by atoms with Crippen LogP contribution in [0.3, 0.4) is 0 Å². The summed E-state index contributed by atoms with van der Waals surface area (Å²) < 4.78 is 16.5. The molecule has 1 rings (SSSR count). The molecule has 0 aliphatic heterocycles. The maximum atomic E-state index is 12.9. The summed E-state index contributed by atoms with van der Waals surface area (Å²) in [5, 5.41) is 62.2. The maximum absolute atomic E-state index is 12.9. The number of hydrogen-bond donors (Lipinski definition) is 10. The fourth-order valence-electron chi connectivity index (χ4n) is 4.90. The van der Waals surface area contributed by atoms with Crippen molar-refractivity contribution in [1.29, 1.82) is 0 Å². The molecule has 0 heterocycles. The summed E-state index contributed by atoms with van der Waals surface area (Å²) >= 11 is 0. The van der Waals surface area contributed by atoms with Crippen LogP contribution < -0.4 is 26.3 Å². The smallest absolute Gasteiger partial charge is 0.333 e. The lowest BCUT2D eigenvalue weighted by molar-refractivity contribution is -0.153. The first-order valence-electron chi connectivity index (χ1n) is 18.4. The summed E-state index contributed by atoms with van der Waals surface area (Å²) in [5.41, 5.74) is 12.2. The number of nitrogens with one attached hydrogen (secondary N) is 1. The minimum Gasteiger partial charge on any atom is -0.493 e. The normalized spacial score (nSPS) is 14.3. The largest absolute Gasteiger partial charge is 0.493 e. The SMILES string of the molecule is COCCCOc1cc(C[C@@H](C[C@H](N)[C@@H](O)C[C@H](C(=O)NCC(C)(C)C(N)=O)C(C)C)C(C)C)ccc1OC.O=C(O)CC(O)C(=O)O.O=C(O)CC(O)C(=O)O. The predicted octanol–water partition coefficient (Wildman–Crippen LogP) is 1.11. The highest BCUT2D eigenvalue weighted by Gasteiger charge is 2.32. The summed E-state index contributed by atoms with van der Waals surface area (Å²) in [6.07, 6.45) is -3.53. The van der Waals surface area contributed by atoms with E-state index in [2.05, 4.69) is 19.2 Å². The van der Waals surface area contributed by atoms with Gasteiger partial charge in [-0.15, -0.1) is 0 Å². The molecule has 1 aromatic carbocycles. The number of carboxylic acids is 4. The minimum absolute atomic E-state index is 0.00829. The first-order valence-corrected chi connectivity index (χ1v) is 18.4. The molecule has 328 valence electrons. The van der Waals surface area contributed by atoms with E-state index < -0.39 is 78.3 Å². The van der Waals surface area contributed by atoms with Gasteiger partial charge in [0.25, 0.3) is 0 Å². The van der Waals surface area contributed by atoms with Crippen molar-refractivity contribution in [2.75, 3.05) is 34.0 Å². The summed E-state index contributed by atoms with van der Waals surface area (Å²) in [4.78, 5) is 63.4. The molecule has 2 unspecified atom stereocenters. The molecule has 19 nitrogen and oxygen atoms in total. The molecule has 57 heavy (non-hydrogen) atoms. The zero-order valence-corrected chi connectivity index (χ0v) is 34.2. The second-order valence-corrected chi connectivity index (χ2v) is 14.8. The third-order valence-electron chi connectivity index (χ3n) is 8.80. The van der Waals surface area contributed by atoms with Crippen LogP contribution in [0.25, 0.3) is 0 Å². The fraction of sp³-hybridized carbons (Fsp3) is 0.684. The molecule has 0 saturated heterocycles. The monoisotopic (exact) mass is 819 g/mol. The standard InChI is InChI=1S/C30H53N3O6.2C4H6O5/c1-19(2)22(14-21-10-11-26(38-8)27(15-21)39-13-9-12-37-7)16-24(31)25(34)17-23(20(3)4)28(35)33-18-30(5,6)29(32)36;2*5-2(4(8)9)1-3(6)7/h10-11,15,19-20,22-25,34H,9,12-14,16-18,31H2,1-8H3,(H2,32,36)(H,33,35);2*2,5H,1H2,(H,6,7)(H,8,9)/t22-,23-,24-,25-;;/m0../s1. The zero-order valence-electron chi connectivity index (χ0n) is 34.2. The molecule has 0 aromatic heterocycles. The minimum atomic E-state index is -1.79. The van der Waals surface area contributed by atoms with Gasteiger partial charge in [-0.25, -0.2) is 9.59 Å². The molecule has 0 radical (unpaired) electrons. The van der Waals surface area contributed by atoms with Crippen molar-refractivity contribution < 1.29 is 78.7 Å². The second kappa shape index (κ2) is 27.9. The molecule has 19 heteroatoms. The maximum Gasteiger partial charge on any atom is 0.333 e. The van der Waals surface area contributed by atoms with E-state index in [1.54, 1.807) is 28.1 Å². The van der Waals surface area contributed by atoms with Crippen LogP contribution in [0, 0.1) is 29.1 Å². The number of aliphatic carboxylic acids is 4. The Morgan fingerprint density at radius 3 is 1.70 bits per heavy atom. The predicted molar refractivity (Wildman–Crippen MR) is 206 cm³/mol. The average molecular weight is 820 g/mol. The Bertz CT molecular complexity index is 1370. The number of carbonyl (C=O) groups excluding carboxylic acids is 2. The Hall–Kier alpha value is -4.56. The van der Waals surface area contributed by atoms with Gasteiger partial charge in [-0.05, 0) is 68.6 Å². The van der Waals surface area contributed by atoms with E-state index in [1.165, 1.54) is 0 Å². The topological polar surface area (TPSA) is 336 Å². The van der Waals surface area contributed by atoms with E-state index in [9.17, 15) is 33.9 Å². The fourth-order valence-corrected chi connectivity index (χ4v) is 4.90. The van der Waals surface area contributed by atoms with Gasteiger partial charge >= 0.3 is 23.9 Å². The molecule has 12 N–H and O–H groups in total. The van der Waals surface area contributed by atoms with Crippen LogP contribution in [-0.2, 0) is 39.9 Å². The van der Waals surface area contributed by atoms with Crippen LogP contribution in [0.4, 0.5) is 0 Å². The molecule has 0 spiro atoms. The molecule has 0 fully saturated rings. The van der Waals surface area contributed by atoms with Crippen molar-refractivity contribution in [2.24, 2.45) is 40.6 Å². The molecule has 0 saturated carbocycles. The van der Waals surface area contributed by atoms with E-state index in [1.807, 2.05) is 32.0 Å². The number of amides is 2. The van der Waals surface area contributed by atoms with Crippen LogP contribution in [-0.4, -0.2) is 130 Å². The van der Waals surface area contributed by atoms with Crippen LogP contribution in [0.15, 0.2) is 18.2 Å². The molecule has 0 bridgehead atoms. The third-order valence-corrected chi connectivity index (χ3v) is 8.80. The quantitative estimate of drug-likeness (QED) is 0.0618. The Balaban J connectivity index is 0. The van der Waals surface area contributed by atoms with Gasteiger partial charge in [-0.1, -0.05) is 33.8 Å². The van der Waals surface area contributed by atoms with E-state index in [4.69, 9.17) is 56.3 Å². The zero-order chi connectivity index (χ0) is 44.6. The highest BCUT2D eigenvalue weighted by molar-refractivity contribution is 5.83. The number of hydrogen-bond acceptors (Lipinski definition) is 13. The van der Waals surface area contributed by atoms with Crippen molar-refractivity contribution in [2.45, 2.75) is 104 Å². The van der Waals surface area contributed by atoms with E-state index in [0.29, 0.717) is 37.1 Å². The van der Waals surface area contributed by atoms with Gasteiger partial charge < -0.3 is 66.7 Å². The molecular formula is C38H65N3O16. The van der Waals surface area contributed by atoms with Crippen molar-refractivity contribution in [3.8, 4) is 11.5 Å². The van der Waals surface area contributed by atoms with Crippen LogP contribution >= 0.6 is 0 Å². The summed E-state index contributed by atoms with van der Waals surface area (Å²) in [7, 11) is 3.29. The molecule has 6 atom stereocenters. The molecule has 0 aliphatic carbocycles. The van der Waals surface area contributed by atoms with Crippen LogP contribution in [0.1, 0.15) is 79.2 Å². The highest BCUT2D eigenvalue weighted by Crippen LogP contribution is 2.32. The lowest BCUT2D eigenvalue weighted by Gasteiger charge is -2.30. The van der Waals surface area contributed by atoms with Gasteiger partial charge in [-0.3, -0.25) is 19.2 Å². The summed E-state index contributed by atoms with van der Waals surface area (Å²) in [6.45, 7) is 12.9. The number of carbonyl (C=O) groups is 6. The van der Waals surface area contributed by atoms with Crippen molar-refractivity contribution in [3.05, 3.63) is 23.8 Å². The number of rotatable bonds is 25. The first-order chi connectivity index (χ1) is 26.3. The molecule has 1 aromatic rings. The number of nitrogens with two attached hydrogens (primary N) is 2. The van der Waals surface area contributed by atoms with Gasteiger partial charge in [0.2, 0.25) is 11.8 Å². The lowest BCUT2D eigenvalue weighted by Crippen LogP contribution is -2.46. The van der Waals surface area contributed by atoms with Gasteiger partial charge in [0, 0.05) is 38.6 Å². The van der Waals surface area contributed by atoms with Crippen molar-refractivity contribution in [1.82, 2.24) is 5.32 Å². The first kappa shape index (κ1) is 54.5. The highest BCUT2D eigenvalue weighted by atomic mass is 16.5. The Morgan fingerprint density at radius 1 is 0.789 bits per heavy atom. The number of aliphatic hydroxyl groups excluding tert-OH is 3. The lowest BCUT2D eigenvalue weighted by atomic mass is 9.80. The molecule has 0 aliphatic rings. The van der Waals surface area contributed by atoms with E-state index >= 15 is 0 Å². The number of carboxylic acid groups (broad SMARTS) is 4. The molecular weight excluding hydrogens is 754 g/mol. The van der Waals surface area contributed by atoms with Gasteiger partial charge in [-0.2, -0.15) is 0 Å². The van der Waals surface area contributed by atoms with Crippen molar-refractivity contribution in [3.63, 3.8) is 0 Å². The number of ether oxygens (including phenoxy) is 3. The average Bonchev–Trinajstić information content (AvgIpc) is 3.10. The third kappa shape index (κ3) is 24.0. The van der Waals surface area contributed by atoms with Gasteiger partial charge in [0.05, 0.1) is 38.1 Å². The number of methoxy groups -OCH3 is 2. The van der Waals surface area contributed by atoms with Crippen LogP contribution in [0.2, 0.25) is 0 Å². The number of benzene rings is 1.